The predicted molar refractivity (Wildman–Crippen MR) is 91.4 cm³/mol. The molecule has 0 aliphatic carbocycles. The first-order valence-corrected chi connectivity index (χ1v) is 7.89. The molecular weight excluding hydrogens is 347 g/mol. The second-order valence-corrected chi connectivity index (χ2v) is 5.48. The number of hydrogen-bond donors (Lipinski definition) is 3. The Morgan fingerprint density at radius 1 is 1.00 bits per heavy atom. The van der Waals surface area contributed by atoms with Crippen LogP contribution in [0.3, 0.4) is 0 Å². The number of nitrogens with one attached hydrogen (secondary N) is 3. The van der Waals surface area contributed by atoms with Gasteiger partial charge in [0.15, 0.2) is 0 Å². The van der Waals surface area contributed by atoms with Crippen molar-refractivity contribution in [3.63, 3.8) is 0 Å². The number of benzene rings is 2. The highest BCUT2D eigenvalue weighted by atomic mass is 19.4. The third-order valence-electron chi connectivity index (χ3n) is 3.58. The van der Waals surface area contributed by atoms with Gasteiger partial charge in [-0.15, -0.1) is 0 Å². The van der Waals surface area contributed by atoms with E-state index in [-0.39, 0.29) is 12.2 Å². The van der Waals surface area contributed by atoms with E-state index in [0.717, 1.165) is 24.1 Å². The highest BCUT2D eigenvalue weighted by Crippen LogP contribution is 2.30. The lowest BCUT2D eigenvalue weighted by Gasteiger charge is -2.11. The monoisotopic (exact) mass is 365 g/mol. The Kier molecular flexibility index (Phi) is 6.21. The van der Waals surface area contributed by atoms with Gasteiger partial charge in [0.2, 0.25) is 0 Å². The molecule has 0 bridgehead atoms. The molecule has 0 unspecified atom stereocenters. The number of carbonyl (C=O) groups excluding carboxylic acids is 2. The largest absolute Gasteiger partial charge is 0.416 e. The van der Waals surface area contributed by atoms with Crippen LogP contribution in [0.15, 0.2) is 48.5 Å². The Labute approximate surface area is 148 Å². The molecule has 2 aromatic rings. The normalized spacial score (nSPS) is 10.9. The third kappa shape index (κ3) is 5.51. The average molecular weight is 365 g/mol. The third-order valence-corrected chi connectivity index (χ3v) is 3.58. The van der Waals surface area contributed by atoms with Crippen molar-refractivity contribution in [1.29, 1.82) is 0 Å². The van der Waals surface area contributed by atoms with Crippen molar-refractivity contribution in [3.8, 4) is 0 Å². The van der Waals surface area contributed by atoms with Crippen LogP contribution in [0.5, 0.6) is 0 Å². The van der Waals surface area contributed by atoms with E-state index in [4.69, 9.17) is 0 Å². The number of aryl methyl sites for hydroxylation is 1. The van der Waals surface area contributed by atoms with Crippen molar-refractivity contribution in [2.75, 3.05) is 11.9 Å². The van der Waals surface area contributed by atoms with E-state index in [2.05, 4.69) is 16.2 Å². The summed E-state index contributed by atoms with van der Waals surface area (Å²) in [5.74, 6) is -1.08. The molecule has 0 saturated heterocycles. The summed E-state index contributed by atoms with van der Waals surface area (Å²) < 4.78 is 37.9. The summed E-state index contributed by atoms with van der Waals surface area (Å²) in [5, 5.41) is 2.57. The van der Waals surface area contributed by atoms with Crippen LogP contribution < -0.4 is 16.2 Å². The summed E-state index contributed by atoms with van der Waals surface area (Å²) in [6, 6.07) is 11.4. The SMILES string of the molecule is CCc1ccc(C(=O)NNC(=O)CNc2cccc(C(F)(F)F)c2)cc1. The van der Waals surface area contributed by atoms with Crippen LogP contribution in [0.1, 0.15) is 28.4 Å². The standard InChI is InChI=1S/C18H18F3N3O2/c1-2-12-6-8-13(9-7-12)17(26)24-23-16(25)11-22-15-5-3-4-14(10-15)18(19,20)21/h3-10,22H,2,11H2,1H3,(H,23,25)(H,24,26). The number of hydrogen-bond acceptors (Lipinski definition) is 3. The first kappa shape index (κ1) is 19.3. The second-order valence-electron chi connectivity index (χ2n) is 5.48. The van der Waals surface area contributed by atoms with E-state index in [1.807, 2.05) is 19.1 Å². The second kappa shape index (κ2) is 8.37. The first-order chi connectivity index (χ1) is 12.3. The van der Waals surface area contributed by atoms with Gasteiger partial charge < -0.3 is 5.32 Å². The van der Waals surface area contributed by atoms with Gasteiger partial charge in [-0.1, -0.05) is 25.1 Å². The van der Waals surface area contributed by atoms with Gasteiger partial charge in [-0.05, 0) is 42.3 Å². The van der Waals surface area contributed by atoms with Crippen molar-refractivity contribution in [2.45, 2.75) is 19.5 Å². The lowest BCUT2D eigenvalue weighted by molar-refractivity contribution is -0.137. The Bertz CT molecular complexity index is 774. The van der Waals surface area contributed by atoms with Crippen molar-refractivity contribution in [1.82, 2.24) is 10.9 Å². The zero-order valence-electron chi connectivity index (χ0n) is 14.0. The predicted octanol–water partition coefficient (Wildman–Crippen LogP) is 3.14. The van der Waals surface area contributed by atoms with E-state index in [0.29, 0.717) is 5.56 Å². The number of carbonyl (C=O) groups is 2. The number of anilines is 1. The molecular formula is C18H18F3N3O2. The molecule has 0 spiro atoms. The number of hydrazine groups is 1. The van der Waals surface area contributed by atoms with Gasteiger partial charge in [0.25, 0.3) is 11.8 Å². The lowest BCUT2D eigenvalue weighted by atomic mass is 10.1. The Morgan fingerprint density at radius 2 is 1.69 bits per heavy atom. The molecule has 0 atom stereocenters. The maximum atomic E-state index is 12.6. The molecule has 138 valence electrons. The fourth-order valence-corrected chi connectivity index (χ4v) is 2.12. The van der Waals surface area contributed by atoms with Crippen LogP contribution in [0.4, 0.5) is 18.9 Å². The molecule has 0 radical (unpaired) electrons. The molecule has 2 rings (SSSR count). The fraction of sp³-hybridized carbons (Fsp3) is 0.222. The number of halogens is 3. The highest BCUT2D eigenvalue weighted by molar-refractivity contribution is 5.95. The summed E-state index contributed by atoms with van der Waals surface area (Å²) in [6.45, 7) is 1.70. The van der Waals surface area contributed by atoms with E-state index in [1.165, 1.54) is 12.1 Å². The molecule has 0 heterocycles. The average Bonchev–Trinajstić information content (AvgIpc) is 2.64. The number of rotatable bonds is 5. The molecule has 0 aromatic heterocycles. The van der Waals surface area contributed by atoms with Crippen LogP contribution >= 0.6 is 0 Å². The molecule has 8 heteroatoms. The molecule has 5 nitrogen and oxygen atoms in total. The smallest absolute Gasteiger partial charge is 0.376 e. The first-order valence-electron chi connectivity index (χ1n) is 7.89. The zero-order chi connectivity index (χ0) is 19.2. The van der Waals surface area contributed by atoms with Crippen molar-refractivity contribution >= 4 is 17.5 Å². The quantitative estimate of drug-likeness (QED) is 0.713. The minimum atomic E-state index is -4.46. The van der Waals surface area contributed by atoms with Crippen molar-refractivity contribution in [2.24, 2.45) is 0 Å². The molecule has 3 N–H and O–H groups in total. The van der Waals surface area contributed by atoms with Crippen molar-refractivity contribution in [3.05, 3.63) is 65.2 Å². The molecule has 0 aliphatic rings. The van der Waals surface area contributed by atoms with Crippen molar-refractivity contribution < 1.29 is 22.8 Å². The van der Waals surface area contributed by atoms with Gasteiger partial charge in [0.05, 0.1) is 12.1 Å². The minimum absolute atomic E-state index is 0.149. The Balaban J connectivity index is 1.82. The molecule has 26 heavy (non-hydrogen) atoms. The number of alkyl halides is 3. The Hall–Kier alpha value is -3.03. The summed E-state index contributed by atoms with van der Waals surface area (Å²) in [6.07, 6.45) is -3.61. The van der Waals surface area contributed by atoms with E-state index >= 15 is 0 Å². The Morgan fingerprint density at radius 3 is 2.31 bits per heavy atom. The summed E-state index contributed by atoms with van der Waals surface area (Å²) in [4.78, 5) is 23.6. The lowest BCUT2D eigenvalue weighted by Crippen LogP contribution is -2.44. The topological polar surface area (TPSA) is 70.2 Å². The molecule has 2 amide bonds. The van der Waals surface area contributed by atoms with Gasteiger partial charge >= 0.3 is 6.18 Å². The van der Waals surface area contributed by atoms with E-state index in [9.17, 15) is 22.8 Å². The van der Waals surface area contributed by atoms with Gasteiger partial charge in [0, 0.05) is 11.3 Å². The molecule has 0 fully saturated rings. The van der Waals surface area contributed by atoms with Crippen LogP contribution in [0, 0.1) is 0 Å². The van der Waals surface area contributed by atoms with Crippen LogP contribution in [0.2, 0.25) is 0 Å². The molecule has 2 aromatic carbocycles. The minimum Gasteiger partial charge on any atom is -0.376 e. The highest BCUT2D eigenvalue weighted by Gasteiger charge is 2.30. The van der Waals surface area contributed by atoms with Crippen LogP contribution in [-0.4, -0.2) is 18.4 Å². The maximum absolute atomic E-state index is 12.6. The van der Waals surface area contributed by atoms with Crippen LogP contribution in [0.25, 0.3) is 0 Å². The van der Waals surface area contributed by atoms with Gasteiger partial charge in [-0.3, -0.25) is 20.4 Å². The summed E-state index contributed by atoms with van der Waals surface area (Å²) in [7, 11) is 0. The van der Waals surface area contributed by atoms with Gasteiger partial charge in [0.1, 0.15) is 0 Å². The molecule has 0 saturated carbocycles. The maximum Gasteiger partial charge on any atom is 0.416 e. The van der Waals surface area contributed by atoms with Crippen LogP contribution in [-0.2, 0) is 17.4 Å². The summed E-state index contributed by atoms with van der Waals surface area (Å²) in [5.41, 5.74) is 5.25. The number of amides is 2. The van der Waals surface area contributed by atoms with Gasteiger partial charge in [-0.2, -0.15) is 13.2 Å². The van der Waals surface area contributed by atoms with Gasteiger partial charge in [-0.25, -0.2) is 0 Å². The van der Waals surface area contributed by atoms with E-state index in [1.54, 1.807) is 12.1 Å². The van der Waals surface area contributed by atoms with E-state index < -0.39 is 23.6 Å². The summed E-state index contributed by atoms with van der Waals surface area (Å²) >= 11 is 0. The molecule has 0 aliphatic heterocycles. The fourth-order valence-electron chi connectivity index (χ4n) is 2.12. The zero-order valence-corrected chi connectivity index (χ0v) is 14.0.